The van der Waals surface area contributed by atoms with E-state index in [9.17, 15) is 65.4 Å². The highest BCUT2D eigenvalue weighted by atomic mass is 16.8. The van der Waals surface area contributed by atoms with Gasteiger partial charge < -0.3 is 74.4 Å². The molecule has 2 aliphatic heterocycles. The zero-order valence-corrected chi connectivity index (χ0v) is 22.5. The van der Waals surface area contributed by atoms with Crippen LogP contribution in [0.3, 0.4) is 0 Å². The molecule has 1 aromatic heterocycles. The molecular formula is C27H26O18. The Morgan fingerprint density at radius 1 is 0.689 bits per heavy atom. The van der Waals surface area contributed by atoms with E-state index in [2.05, 4.69) is 0 Å². The van der Waals surface area contributed by atoms with Crippen LogP contribution in [-0.2, 0) is 23.8 Å². The zero-order valence-electron chi connectivity index (χ0n) is 22.5. The van der Waals surface area contributed by atoms with E-state index in [1.54, 1.807) is 0 Å². The molecule has 3 aromatic rings. The summed E-state index contributed by atoms with van der Waals surface area (Å²) < 4.78 is 27.1. The fraction of sp³-hybridized carbons (Fsp3) is 0.370. The number of hydrogen-bond donors (Lipinski definition) is 10. The maximum Gasteiger partial charge on any atom is 0.335 e. The molecule has 0 aliphatic carbocycles. The molecule has 45 heavy (non-hydrogen) atoms. The normalized spacial score (nSPS) is 31.8. The van der Waals surface area contributed by atoms with Crippen molar-refractivity contribution in [2.45, 2.75) is 61.4 Å². The minimum atomic E-state index is -2.17. The lowest BCUT2D eigenvalue weighted by atomic mass is 9.97. The molecule has 3 heterocycles. The summed E-state index contributed by atoms with van der Waals surface area (Å²) in [6, 6.07) is 6.51. The maximum atomic E-state index is 12.8. The number of fused-ring (bicyclic) bond motifs is 1. The molecule has 10 atom stereocenters. The van der Waals surface area contributed by atoms with Gasteiger partial charge in [-0.2, -0.15) is 0 Å². The van der Waals surface area contributed by atoms with Crippen LogP contribution >= 0.6 is 0 Å². The molecule has 18 heteroatoms. The van der Waals surface area contributed by atoms with Crippen molar-refractivity contribution in [2.24, 2.45) is 0 Å². The van der Waals surface area contributed by atoms with Gasteiger partial charge in [-0.3, -0.25) is 4.79 Å². The largest absolute Gasteiger partial charge is 0.507 e. The van der Waals surface area contributed by atoms with E-state index in [-0.39, 0.29) is 28.0 Å². The summed E-state index contributed by atoms with van der Waals surface area (Å²) in [5.41, 5.74) is -0.880. The van der Waals surface area contributed by atoms with Crippen molar-refractivity contribution in [3.8, 4) is 34.3 Å². The van der Waals surface area contributed by atoms with Crippen LogP contribution in [0.4, 0.5) is 0 Å². The van der Waals surface area contributed by atoms with Crippen LogP contribution in [-0.4, -0.2) is 124 Å². The van der Waals surface area contributed by atoms with Crippen LogP contribution in [0.2, 0.25) is 0 Å². The van der Waals surface area contributed by atoms with Gasteiger partial charge in [0.2, 0.25) is 6.29 Å². The second-order valence-corrected chi connectivity index (χ2v) is 10.2. The second kappa shape index (κ2) is 12.1. The summed E-state index contributed by atoms with van der Waals surface area (Å²) in [7, 11) is 0. The van der Waals surface area contributed by atoms with E-state index in [1.165, 1.54) is 6.07 Å². The third-order valence-electron chi connectivity index (χ3n) is 7.19. The fourth-order valence-corrected chi connectivity index (χ4v) is 4.86. The standard InChI is InChI=1S/C27H26O18/c28-9-2-1-7(3-10(9)29)13-6-12(31)15-11(30)4-8(5-14(15)42-13)41-27-23(19(35)18(34)22(44-27)25(39)40)45-26-20(36)16(32)17(33)21(43-26)24(37)38/h1-6,16-23,26-30,32-36H,(H,37,38)(H,39,40)/t16-,17-,18-,19-,20+,21-,22-,23+,26-,27+/m0/s1. The Labute approximate surface area is 249 Å². The molecule has 5 rings (SSSR count). The number of carbonyl (C=O) groups is 2. The Bertz CT molecular complexity index is 1670. The Balaban J connectivity index is 1.51. The number of hydrogen-bond acceptors (Lipinski definition) is 16. The molecule has 0 radical (unpaired) electrons. The summed E-state index contributed by atoms with van der Waals surface area (Å²) in [6.45, 7) is 0. The Kier molecular flexibility index (Phi) is 8.58. The fourth-order valence-electron chi connectivity index (χ4n) is 4.86. The molecule has 2 saturated heterocycles. The van der Waals surface area contributed by atoms with Crippen molar-refractivity contribution in [1.82, 2.24) is 0 Å². The highest BCUT2D eigenvalue weighted by Gasteiger charge is 2.54. The summed E-state index contributed by atoms with van der Waals surface area (Å²) in [4.78, 5) is 36.0. The average Bonchev–Trinajstić information content (AvgIpc) is 2.97. The molecule has 2 aromatic carbocycles. The van der Waals surface area contributed by atoms with E-state index >= 15 is 0 Å². The van der Waals surface area contributed by atoms with E-state index in [0.29, 0.717) is 0 Å². The first-order valence-corrected chi connectivity index (χ1v) is 13.0. The number of phenolic OH excluding ortho intramolecular Hbond substituents is 3. The van der Waals surface area contributed by atoms with E-state index < -0.39 is 96.0 Å². The van der Waals surface area contributed by atoms with Gasteiger partial charge in [0.25, 0.3) is 0 Å². The zero-order chi connectivity index (χ0) is 32.9. The summed E-state index contributed by atoms with van der Waals surface area (Å²) in [5.74, 6) is -5.65. The first kappa shape index (κ1) is 31.9. The van der Waals surface area contributed by atoms with Crippen molar-refractivity contribution in [1.29, 1.82) is 0 Å². The Morgan fingerprint density at radius 3 is 1.93 bits per heavy atom. The van der Waals surface area contributed by atoms with E-state index in [0.717, 1.165) is 30.3 Å². The van der Waals surface area contributed by atoms with Crippen molar-refractivity contribution in [3.05, 3.63) is 46.6 Å². The molecule has 2 fully saturated rings. The highest BCUT2D eigenvalue weighted by molar-refractivity contribution is 5.86. The molecule has 2 aliphatic rings. The van der Waals surface area contributed by atoms with Crippen molar-refractivity contribution < 1.29 is 84.0 Å². The first-order chi connectivity index (χ1) is 21.2. The van der Waals surface area contributed by atoms with E-state index in [4.69, 9.17) is 23.4 Å². The predicted molar refractivity (Wildman–Crippen MR) is 141 cm³/mol. The minimum absolute atomic E-state index is 0.115. The van der Waals surface area contributed by atoms with Gasteiger partial charge in [0.1, 0.15) is 58.7 Å². The maximum absolute atomic E-state index is 12.8. The topological polar surface area (TPSA) is 304 Å². The van der Waals surface area contributed by atoms with Crippen LogP contribution in [0.25, 0.3) is 22.3 Å². The summed E-state index contributed by atoms with van der Waals surface area (Å²) in [6.07, 6.45) is -21.0. The Hall–Kier alpha value is -4.53. The van der Waals surface area contributed by atoms with Gasteiger partial charge in [-0.05, 0) is 18.2 Å². The number of rotatable bonds is 7. The number of aliphatic hydroxyl groups excluding tert-OH is 5. The van der Waals surface area contributed by atoms with Crippen LogP contribution in [0.15, 0.2) is 45.6 Å². The van der Waals surface area contributed by atoms with Crippen molar-refractivity contribution in [3.63, 3.8) is 0 Å². The van der Waals surface area contributed by atoms with Gasteiger partial charge in [0.05, 0.1) is 0 Å². The number of phenols is 3. The van der Waals surface area contributed by atoms with Crippen LogP contribution < -0.4 is 10.2 Å². The predicted octanol–water partition coefficient (Wildman–Crippen LogP) is -2.24. The smallest absolute Gasteiger partial charge is 0.335 e. The highest BCUT2D eigenvalue weighted by Crippen LogP contribution is 2.36. The van der Waals surface area contributed by atoms with Gasteiger partial charge in [-0.1, -0.05) is 0 Å². The van der Waals surface area contributed by atoms with Crippen LogP contribution in [0.5, 0.6) is 23.0 Å². The lowest BCUT2D eigenvalue weighted by molar-refractivity contribution is -0.350. The molecule has 242 valence electrons. The van der Waals surface area contributed by atoms with Gasteiger partial charge in [-0.25, -0.2) is 9.59 Å². The molecule has 0 saturated carbocycles. The molecule has 0 amide bonds. The minimum Gasteiger partial charge on any atom is -0.507 e. The van der Waals surface area contributed by atoms with E-state index in [1.807, 2.05) is 0 Å². The van der Waals surface area contributed by atoms with Gasteiger partial charge in [0.15, 0.2) is 41.5 Å². The monoisotopic (exact) mass is 638 g/mol. The number of carboxylic acid groups (broad SMARTS) is 2. The number of aliphatic hydroxyl groups is 5. The SMILES string of the molecule is O=C(O)[C@H]1O[C@@H](O[C@H]2[C@H](Oc3cc(O)c4c(=O)cc(-c5ccc(O)c(O)c5)oc4c3)O[C@H](C(=O)O)[C@@H](O)[C@@H]2O)[C@H](O)[C@@H](O)[C@@H]1O. The average molecular weight is 638 g/mol. The molecule has 0 bridgehead atoms. The van der Waals surface area contributed by atoms with Gasteiger partial charge in [-0.15, -0.1) is 0 Å². The number of carboxylic acids is 2. The van der Waals surface area contributed by atoms with Crippen molar-refractivity contribution in [2.75, 3.05) is 0 Å². The van der Waals surface area contributed by atoms with Crippen LogP contribution in [0, 0.1) is 0 Å². The lowest BCUT2D eigenvalue weighted by Crippen LogP contribution is -2.66. The van der Waals surface area contributed by atoms with Crippen LogP contribution in [0.1, 0.15) is 0 Å². The Morgan fingerprint density at radius 2 is 1.31 bits per heavy atom. The number of ether oxygens (including phenoxy) is 4. The third-order valence-corrected chi connectivity index (χ3v) is 7.19. The quantitative estimate of drug-likeness (QED) is 0.122. The third kappa shape index (κ3) is 5.95. The number of aliphatic carboxylic acids is 2. The van der Waals surface area contributed by atoms with Crippen molar-refractivity contribution >= 4 is 22.9 Å². The molecule has 10 N–H and O–H groups in total. The summed E-state index contributed by atoms with van der Waals surface area (Å²) >= 11 is 0. The molecular weight excluding hydrogens is 612 g/mol. The van der Waals surface area contributed by atoms with Gasteiger partial charge >= 0.3 is 11.9 Å². The molecule has 0 unspecified atom stereocenters. The first-order valence-electron chi connectivity index (χ1n) is 13.0. The number of aromatic hydroxyl groups is 3. The molecule has 0 spiro atoms. The van der Waals surface area contributed by atoms with Gasteiger partial charge in [0, 0.05) is 23.8 Å². The summed E-state index contributed by atoms with van der Waals surface area (Å²) in [5, 5.41) is 100. The molecule has 18 nitrogen and oxygen atoms in total. The second-order valence-electron chi connectivity index (χ2n) is 10.2. The number of benzene rings is 2. The lowest BCUT2D eigenvalue weighted by Gasteiger charge is -2.44.